The number of benzene rings is 1. The highest BCUT2D eigenvalue weighted by molar-refractivity contribution is 5.94. The molecule has 2 N–H and O–H groups in total. The Labute approximate surface area is 177 Å². The van der Waals surface area contributed by atoms with Crippen molar-refractivity contribution in [2.75, 3.05) is 11.4 Å². The molecule has 0 radical (unpaired) electrons. The van der Waals surface area contributed by atoms with Crippen molar-refractivity contribution in [1.29, 1.82) is 10.8 Å². The van der Waals surface area contributed by atoms with Crippen LogP contribution >= 0.6 is 0 Å². The second-order valence-electron chi connectivity index (χ2n) is 7.82. The topological polar surface area (TPSA) is 81.7 Å². The maximum absolute atomic E-state index is 14.0. The van der Waals surface area contributed by atoms with Crippen molar-refractivity contribution >= 4 is 28.7 Å². The SMILES string of the molecule is CC(C)(C)C#Cc1cc(N(CC(F)F)c2nc(=N)n(C=N)c3ccc(F)cc23)ccn1. The van der Waals surface area contributed by atoms with E-state index in [1.807, 2.05) is 20.8 Å². The molecule has 0 saturated carbocycles. The number of anilines is 2. The zero-order valence-corrected chi connectivity index (χ0v) is 17.2. The lowest BCUT2D eigenvalue weighted by atomic mass is 9.98. The number of fused-ring (bicyclic) bond motifs is 1. The Kier molecular flexibility index (Phi) is 6.11. The van der Waals surface area contributed by atoms with E-state index in [9.17, 15) is 13.2 Å². The predicted molar refractivity (Wildman–Crippen MR) is 113 cm³/mol. The summed E-state index contributed by atoms with van der Waals surface area (Å²) in [4.78, 5) is 9.50. The Balaban J connectivity index is 2.25. The normalized spacial score (nSPS) is 11.3. The molecule has 0 fully saturated rings. The molecule has 3 rings (SSSR count). The number of alkyl halides is 2. The molecule has 0 unspecified atom stereocenters. The average Bonchev–Trinajstić information content (AvgIpc) is 2.70. The first-order chi connectivity index (χ1) is 14.6. The fourth-order valence-electron chi connectivity index (χ4n) is 2.92. The van der Waals surface area contributed by atoms with E-state index in [0.29, 0.717) is 16.9 Å². The van der Waals surface area contributed by atoms with Gasteiger partial charge in [0.15, 0.2) is 0 Å². The lowest BCUT2D eigenvalue weighted by Crippen LogP contribution is -2.30. The number of pyridine rings is 1. The molecule has 0 spiro atoms. The van der Waals surface area contributed by atoms with Crippen LogP contribution in [0.4, 0.5) is 24.7 Å². The quantitative estimate of drug-likeness (QED) is 0.362. The van der Waals surface area contributed by atoms with E-state index in [2.05, 4.69) is 21.8 Å². The standard InChI is InChI=1S/C22H21F3N6/c1-22(2,3)8-6-15-11-16(7-9-28-15)30(12-19(24)25)20-17-10-14(23)4-5-18(17)31(13-26)21(27)29-20/h4-5,7,9-11,13,19,26-27H,12H2,1-3H3. The second-order valence-corrected chi connectivity index (χ2v) is 7.82. The molecule has 0 amide bonds. The van der Waals surface area contributed by atoms with Gasteiger partial charge in [-0.2, -0.15) is 4.98 Å². The Morgan fingerprint density at radius 2 is 1.97 bits per heavy atom. The van der Waals surface area contributed by atoms with Crippen molar-refractivity contribution in [1.82, 2.24) is 14.5 Å². The Morgan fingerprint density at radius 1 is 1.23 bits per heavy atom. The van der Waals surface area contributed by atoms with Crippen LogP contribution < -0.4 is 10.5 Å². The number of rotatable bonds is 5. The first-order valence-corrected chi connectivity index (χ1v) is 9.41. The van der Waals surface area contributed by atoms with Crippen molar-refractivity contribution < 1.29 is 13.2 Å². The summed E-state index contributed by atoms with van der Waals surface area (Å²) in [6, 6.07) is 6.78. The first-order valence-electron chi connectivity index (χ1n) is 9.41. The van der Waals surface area contributed by atoms with Gasteiger partial charge >= 0.3 is 0 Å². The number of nitrogens with zero attached hydrogens (tertiary/aromatic N) is 4. The highest BCUT2D eigenvalue weighted by Crippen LogP contribution is 2.30. The van der Waals surface area contributed by atoms with Gasteiger partial charge in [0.2, 0.25) is 5.62 Å². The average molecular weight is 426 g/mol. The molecule has 9 heteroatoms. The van der Waals surface area contributed by atoms with E-state index in [1.54, 1.807) is 6.07 Å². The molecule has 0 aliphatic rings. The number of halogens is 3. The zero-order chi connectivity index (χ0) is 22.8. The van der Waals surface area contributed by atoms with Crippen molar-refractivity contribution in [3.05, 3.63) is 53.7 Å². The number of nitrogens with one attached hydrogen (secondary N) is 2. The van der Waals surface area contributed by atoms with E-state index >= 15 is 0 Å². The Morgan fingerprint density at radius 3 is 2.61 bits per heavy atom. The van der Waals surface area contributed by atoms with Crippen LogP contribution in [0.2, 0.25) is 0 Å². The molecule has 0 atom stereocenters. The van der Waals surface area contributed by atoms with E-state index < -0.39 is 18.8 Å². The van der Waals surface area contributed by atoms with Crippen LogP contribution in [0, 0.1) is 33.9 Å². The van der Waals surface area contributed by atoms with E-state index in [-0.39, 0.29) is 22.2 Å². The third-order valence-electron chi connectivity index (χ3n) is 4.23. The van der Waals surface area contributed by atoms with Crippen LogP contribution in [0.5, 0.6) is 0 Å². The van der Waals surface area contributed by atoms with Crippen LogP contribution in [0.15, 0.2) is 36.5 Å². The predicted octanol–water partition coefficient (Wildman–Crippen LogP) is 4.31. The molecule has 0 bridgehead atoms. The van der Waals surface area contributed by atoms with Crippen LogP contribution in [-0.2, 0) is 0 Å². The summed E-state index contributed by atoms with van der Waals surface area (Å²) in [5.74, 6) is 5.37. The smallest absolute Gasteiger partial charge is 0.256 e. The van der Waals surface area contributed by atoms with Gasteiger partial charge in [0.1, 0.15) is 17.3 Å². The molecular formula is C22H21F3N6. The van der Waals surface area contributed by atoms with Gasteiger partial charge in [0, 0.05) is 22.7 Å². The van der Waals surface area contributed by atoms with Crippen LogP contribution in [-0.4, -0.2) is 33.8 Å². The third kappa shape index (κ3) is 5.09. The van der Waals surface area contributed by atoms with Crippen molar-refractivity contribution in [2.45, 2.75) is 27.2 Å². The van der Waals surface area contributed by atoms with Crippen LogP contribution in [0.25, 0.3) is 10.9 Å². The summed E-state index contributed by atoms with van der Waals surface area (Å²) in [6.45, 7) is 5.09. The van der Waals surface area contributed by atoms with Gasteiger partial charge in [-0.15, -0.1) is 0 Å². The van der Waals surface area contributed by atoms with E-state index in [4.69, 9.17) is 10.8 Å². The van der Waals surface area contributed by atoms with E-state index in [1.165, 1.54) is 29.3 Å². The molecule has 2 aromatic heterocycles. The highest BCUT2D eigenvalue weighted by atomic mass is 19.3. The van der Waals surface area contributed by atoms with Crippen molar-refractivity contribution in [3.8, 4) is 11.8 Å². The number of hydrogen-bond donors (Lipinski definition) is 2. The molecular weight excluding hydrogens is 405 g/mol. The summed E-state index contributed by atoms with van der Waals surface area (Å²) >= 11 is 0. The van der Waals surface area contributed by atoms with Gasteiger partial charge in [0.25, 0.3) is 6.43 Å². The van der Waals surface area contributed by atoms with Gasteiger partial charge in [0.05, 0.1) is 18.4 Å². The monoisotopic (exact) mass is 426 g/mol. The van der Waals surface area contributed by atoms with Crippen LogP contribution in [0.3, 0.4) is 0 Å². The van der Waals surface area contributed by atoms with Gasteiger partial charge in [-0.05, 0) is 57.0 Å². The number of aromatic nitrogens is 3. The van der Waals surface area contributed by atoms with Gasteiger partial charge < -0.3 is 4.90 Å². The zero-order valence-electron chi connectivity index (χ0n) is 17.2. The van der Waals surface area contributed by atoms with Crippen molar-refractivity contribution in [2.24, 2.45) is 5.41 Å². The minimum atomic E-state index is -2.73. The molecule has 3 aromatic rings. The van der Waals surface area contributed by atoms with Gasteiger partial charge in [-0.1, -0.05) is 5.92 Å². The Hall–Kier alpha value is -3.67. The van der Waals surface area contributed by atoms with Crippen molar-refractivity contribution in [3.63, 3.8) is 0 Å². The Bertz CT molecular complexity index is 1250. The highest BCUT2D eigenvalue weighted by Gasteiger charge is 2.21. The third-order valence-corrected chi connectivity index (χ3v) is 4.23. The minimum Gasteiger partial charge on any atom is -0.320 e. The molecule has 1 aromatic carbocycles. The fourth-order valence-corrected chi connectivity index (χ4v) is 2.92. The molecule has 0 aliphatic heterocycles. The fraction of sp³-hybridized carbons (Fsp3) is 0.273. The van der Waals surface area contributed by atoms with E-state index in [0.717, 1.165) is 17.0 Å². The molecule has 160 valence electrons. The summed E-state index contributed by atoms with van der Waals surface area (Å²) in [5.41, 5.74) is 0.408. The maximum Gasteiger partial charge on any atom is 0.256 e. The maximum atomic E-state index is 14.0. The van der Waals surface area contributed by atoms with Gasteiger partial charge in [-0.25, -0.2) is 18.2 Å². The molecule has 31 heavy (non-hydrogen) atoms. The summed E-state index contributed by atoms with van der Waals surface area (Å²) in [6.07, 6.45) is -0.415. The summed E-state index contributed by atoms with van der Waals surface area (Å²) in [7, 11) is 0. The first kappa shape index (κ1) is 22.0. The summed E-state index contributed by atoms with van der Waals surface area (Å²) in [5, 5.41) is 15.8. The van der Waals surface area contributed by atoms with Crippen LogP contribution in [0.1, 0.15) is 26.5 Å². The minimum absolute atomic E-state index is 0.0150. The second kappa shape index (κ2) is 8.60. The molecule has 2 heterocycles. The number of hydrogen-bond acceptors (Lipinski definition) is 5. The largest absolute Gasteiger partial charge is 0.320 e. The lowest BCUT2D eigenvalue weighted by Gasteiger charge is -2.25. The van der Waals surface area contributed by atoms with Gasteiger partial charge in [-0.3, -0.25) is 15.4 Å². The summed E-state index contributed by atoms with van der Waals surface area (Å²) < 4.78 is 42.2. The molecule has 0 saturated heterocycles. The molecule has 6 nitrogen and oxygen atoms in total. The lowest BCUT2D eigenvalue weighted by molar-refractivity contribution is 0.158. The molecule has 0 aliphatic carbocycles.